The van der Waals surface area contributed by atoms with Crippen LogP contribution in [0.1, 0.15) is 10.4 Å². The number of benzene rings is 3. The number of hydrogen-bond acceptors (Lipinski definition) is 2. The molecule has 4 rings (SSSR count). The highest BCUT2D eigenvalue weighted by atomic mass is 16.1. The lowest BCUT2D eigenvalue weighted by molar-refractivity contribution is -0.683. The van der Waals surface area contributed by atoms with Crippen molar-refractivity contribution in [2.75, 3.05) is 0 Å². The summed E-state index contributed by atoms with van der Waals surface area (Å²) < 4.78 is 1.88. The lowest BCUT2D eigenvalue weighted by Gasteiger charge is -2.03. The van der Waals surface area contributed by atoms with E-state index in [4.69, 9.17) is 0 Å². The molecule has 0 unspecified atom stereocenters. The van der Waals surface area contributed by atoms with Crippen LogP contribution in [0, 0.1) is 0 Å². The maximum absolute atomic E-state index is 12.4. The van der Waals surface area contributed by atoms with Crippen LogP contribution in [-0.2, 0) is 6.54 Å². The minimum atomic E-state index is 0.0845. The molecule has 0 atom stereocenters. The first-order valence-corrected chi connectivity index (χ1v) is 8.22. The molecule has 4 aromatic rings. The fourth-order valence-electron chi connectivity index (χ4n) is 2.91. The summed E-state index contributed by atoms with van der Waals surface area (Å²) in [6, 6.07) is 23.9. The fraction of sp³-hybridized carbons (Fsp3) is 0.0455. The summed E-state index contributed by atoms with van der Waals surface area (Å²) in [6.45, 7) is 0.299. The Labute approximate surface area is 146 Å². The van der Waals surface area contributed by atoms with Crippen LogP contribution in [0.2, 0.25) is 0 Å². The van der Waals surface area contributed by atoms with Crippen LogP contribution in [0.4, 0.5) is 0 Å². The number of nitrogens with zero attached hydrogens (tertiary/aromatic N) is 2. The largest absolute Gasteiger partial charge is 0.287 e. The van der Waals surface area contributed by atoms with E-state index in [9.17, 15) is 4.79 Å². The van der Waals surface area contributed by atoms with E-state index in [1.807, 2.05) is 59.4 Å². The van der Waals surface area contributed by atoms with Gasteiger partial charge in [-0.05, 0) is 16.8 Å². The monoisotopic (exact) mass is 325 g/mol. The standard InChI is InChI=1S/C22H17N2O/c25-22(18-7-2-1-3-8-18)16-24-13-12-23-21(15-24)20-11-10-17-6-4-5-9-19(17)14-20/h1-15H,16H2/q+1. The number of hydrogen-bond donors (Lipinski definition) is 0. The zero-order valence-corrected chi connectivity index (χ0v) is 13.7. The second-order valence-electron chi connectivity index (χ2n) is 5.97. The van der Waals surface area contributed by atoms with Crippen LogP contribution >= 0.6 is 0 Å². The summed E-state index contributed by atoms with van der Waals surface area (Å²) in [5.41, 5.74) is 2.62. The van der Waals surface area contributed by atoms with Gasteiger partial charge in [-0.25, -0.2) is 4.98 Å². The second-order valence-corrected chi connectivity index (χ2v) is 5.97. The van der Waals surface area contributed by atoms with Gasteiger partial charge in [-0.1, -0.05) is 66.7 Å². The van der Waals surface area contributed by atoms with E-state index >= 15 is 0 Å². The molecule has 3 heteroatoms. The quantitative estimate of drug-likeness (QED) is 0.419. The summed E-state index contributed by atoms with van der Waals surface area (Å²) in [4.78, 5) is 16.9. The normalized spacial score (nSPS) is 10.7. The van der Waals surface area contributed by atoms with E-state index in [1.165, 1.54) is 10.8 Å². The van der Waals surface area contributed by atoms with Crippen LogP contribution in [0.3, 0.4) is 0 Å². The van der Waals surface area contributed by atoms with Gasteiger partial charge in [0.1, 0.15) is 5.69 Å². The lowest BCUT2D eigenvalue weighted by Crippen LogP contribution is -2.37. The third-order valence-corrected chi connectivity index (χ3v) is 4.23. The molecule has 0 N–H and O–H groups in total. The number of rotatable bonds is 4. The molecule has 25 heavy (non-hydrogen) atoms. The Morgan fingerprint density at radius 2 is 1.64 bits per heavy atom. The summed E-state index contributed by atoms with van der Waals surface area (Å²) in [6.07, 6.45) is 5.49. The first-order chi connectivity index (χ1) is 12.3. The summed E-state index contributed by atoms with van der Waals surface area (Å²) in [5, 5.41) is 2.38. The SMILES string of the molecule is O=C(C[n+]1ccnc(-c2ccc3ccccc3c2)c1)c1ccccc1. The summed E-state index contributed by atoms with van der Waals surface area (Å²) >= 11 is 0. The molecule has 0 bridgehead atoms. The van der Waals surface area contributed by atoms with Gasteiger partial charge in [-0.15, -0.1) is 0 Å². The van der Waals surface area contributed by atoms with Crippen molar-refractivity contribution in [3.05, 3.63) is 97.0 Å². The molecule has 1 heterocycles. The van der Waals surface area contributed by atoms with Gasteiger partial charge in [0.25, 0.3) is 0 Å². The van der Waals surface area contributed by atoms with Gasteiger partial charge in [-0.3, -0.25) is 4.79 Å². The Balaban J connectivity index is 1.63. The molecular weight excluding hydrogens is 308 g/mol. The van der Waals surface area contributed by atoms with Crippen molar-refractivity contribution >= 4 is 16.6 Å². The van der Waals surface area contributed by atoms with E-state index in [0.29, 0.717) is 6.54 Å². The van der Waals surface area contributed by atoms with Crippen molar-refractivity contribution in [1.29, 1.82) is 0 Å². The zero-order chi connectivity index (χ0) is 17.1. The maximum atomic E-state index is 12.4. The van der Waals surface area contributed by atoms with Crippen molar-refractivity contribution in [3.8, 4) is 11.3 Å². The van der Waals surface area contributed by atoms with Crippen molar-refractivity contribution in [3.63, 3.8) is 0 Å². The van der Waals surface area contributed by atoms with Crippen LogP contribution in [-0.4, -0.2) is 10.8 Å². The number of Topliss-reactive ketones (excluding diaryl/α,β-unsaturated/α-hetero) is 1. The van der Waals surface area contributed by atoms with E-state index in [0.717, 1.165) is 16.8 Å². The van der Waals surface area contributed by atoms with Gasteiger partial charge < -0.3 is 0 Å². The fourth-order valence-corrected chi connectivity index (χ4v) is 2.91. The first-order valence-electron chi connectivity index (χ1n) is 8.22. The summed E-state index contributed by atoms with van der Waals surface area (Å²) in [7, 11) is 0. The van der Waals surface area contributed by atoms with Crippen molar-refractivity contribution in [1.82, 2.24) is 4.98 Å². The summed E-state index contributed by atoms with van der Waals surface area (Å²) in [5.74, 6) is 0.0845. The van der Waals surface area contributed by atoms with Gasteiger partial charge in [0, 0.05) is 11.1 Å². The lowest BCUT2D eigenvalue weighted by atomic mass is 10.1. The topological polar surface area (TPSA) is 33.8 Å². The van der Waals surface area contributed by atoms with Crippen LogP contribution < -0.4 is 4.57 Å². The highest BCUT2D eigenvalue weighted by Crippen LogP contribution is 2.21. The van der Waals surface area contributed by atoms with Gasteiger partial charge in [0.05, 0.1) is 6.20 Å². The Kier molecular flexibility index (Phi) is 4.05. The zero-order valence-electron chi connectivity index (χ0n) is 13.7. The van der Waals surface area contributed by atoms with Gasteiger partial charge >= 0.3 is 0 Å². The number of aromatic nitrogens is 2. The molecule has 0 aliphatic carbocycles. The smallest absolute Gasteiger partial charge is 0.227 e. The minimum absolute atomic E-state index is 0.0845. The first kappa shape index (κ1) is 15.2. The number of carbonyl (C=O) groups excluding carboxylic acids is 1. The highest BCUT2D eigenvalue weighted by molar-refractivity contribution is 5.95. The number of fused-ring (bicyclic) bond motifs is 1. The molecule has 0 fully saturated rings. The molecule has 0 radical (unpaired) electrons. The number of carbonyl (C=O) groups is 1. The van der Waals surface area contributed by atoms with Crippen LogP contribution in [0.5, 0.6) is 0 Å². The molecule has 0 aliphatic heterocycles. The van der Waals surface area contributed by atoms with Crippen molar-refractivity contribution in [2.24, 2.45) is 0 Å². The molecule has 0 saturated carbocycles. The molecule has 0 spiro atoms. The van der Waals surface area contributed by atoms with Crippen LogP contribution in [0.25, 0.3) is 22.0 Å². The van der Waals surface area contributed by atoms with Crippen molar-refractivity contribution < 1.29 is 9.36 Å². The minimum Gasteiger partial charge on any atom is -0.287 e. The van der Waals surface area contributed by atoms with Gasteiger partial charge in [0.2, 0.25) is 12.3 Å². The van der Waals surface area contributed by atoms with E-state index in [1.54, 1.807) is 6.20 Å². The predicted molar refractivity (Wildman–Crippen MR) is 98.1 cm³/mol. The predicted octanol–water partition coefficient (Wildman–Crippen LogP) is 4.07. The Morgan fingerprint density at radius 1 is 0.880 bits per heavy atom. The maximum Gasteiger partial charge on any atom is 0.227 e. The molecule has 120 valence electrons. The average molecular weight is 325 g/mol. The van der Waals surface area contributed by atoms with Crippen molar-refractivity contribution in [2.45, 2.75) is 6.54 Å². The molecule has 1 aromatic heterocycles. The Bertz CT molecular complexity index is 1040. The third-order valence-electron chi connectivity index (χ3n) is 4.23. The molecule has 3 aromatic carbocycles. The second kappa shape index (κ2) is 6.65. The Hall–Kier alpha value is -3.33. The Morgan fingerprint density at radius 3 is 2.48 bits per heavy atom. The number of ketones is 1. The third kappa shape index (κ3) is 3.31. The molecule has 0 saturated heterocycles. The molecular formula is C22H17N2O+. The molecule has 0 amide bonds. The van der Waals surface area contributed by atoms with E-state index in [-0.39, 0.29) is 5.78 Å². The van der Waals surface area contributed by atoms with E-state index < -0.39 is 0 Å². The average Bonchev–Trinajstić information content (AvgIpc) is 2.68. The molecule has 0 aliphatic rings. The van der Waals surface area contributed by atoms with Crippen LogP contribution in [0.15, 0.2) is 91.4 Å². The van der Waals surface area contributed by atoms with Gasteiger partial charge in [0.15, 0.2) is 12.4 Å². The van der Waals surface area contributed by atoms with Gasteiger partial charge in [-0.2, -0.15) is 4.57 Å². The van der Waals surface area contributed by atoms with E-state index in [2.05, 4.69) is 35.3 Å². The molecule has 3 nitrogen and oxygen atoms in total. The highest BCUT2D eigenvalue weighted by Gasteiger charge is 2.13.